The third-order valence-electron chi connectivity index (χ3n) is 3.95. The number of hydrogen-bond acceptors (Lipinski definition) is 5. The van der Waals surface area contributed by atoms with Crippen LogP contribution in [0.2, 0.25) is 0 Å². The molecule has 0 bridgehead atoms. The van der Waals surface area contributed by atoms with E-state index in [9.17, 15) is 9.59 Å². The summed E-state index contributed by atoms with van der Waals surface area (Å²) in [5.74, 6) is 1.14. The van der Waals surface area contributed by atoms with E-state index in [0.29, 0.717) is 27.9 Å². The topological polar surface area (TPSA) is 73.2 Å². The zero-order valence-corrected chi connectivity index (χ0v) is 14.6. The number of aryl methyl sites for hydroxylation is 2. The quantitative estimate of drug-likeness (QED) is 0.862. The number of rotatable bonds is 4. The van der Waals surface area contributed by atoms with Gasteiger partial charge in [-0.05, 0) is 31.5 Å². The van der Waals surface area contributed by atoms with Gasteiger partial charge in [0.1, 0.15) is 5.75 Å². The molecule has 7 heteroatoms. The molecular weight excluding hydrogens is 326 g/mol. The predicted molar refractivity (Wildman–Crippen MR) is 94.0 cm³/mol. The number of fused-ring (bicyclic) bond motifs is 1. The Kier molecular flexibility index (Phi) is 4.62. The fourth-order valence-electron chi connectivity index (χ4n) is 2.71. The van der Waals surface area contributed by atoms with E-state index in [1.807, 2.05) is 25.1 Å². The van der Waals surface area contributed by atoms with Crippen LogP contribution in [0.5, 0.6) is 5.75 Å². The van der Waals surface area contributed by atoms with Gasteiger partial charge in [-0.3, -0.25) is 14.2 Å². The molecule has 1 aliphatic heterocycles. The lowest BCUT2D eigenvalue weighted by molar-refractivity contribution is -0.116. The maximum Gasteiger partial charge on any atom is 0.257 e. The molecule has 24 heavy (non-hydrogen) atoms. The van der Waals surface area contributed by atoms with Crippen LogP contribution in [-0.2, 0) is 4.79 Å². The molecule has 3 rings (SSSR count). The van der Waals surface area contributed by atoms with Gasteiger partial charge in [0.25, 0.3) is 5.56 Å². The number of ether oxygens (including phenoxy) is 1. The van der Waals surface area contributed by atoms with Crippen LogP contribution < -0.4 is 15.6 Å². The largest absolute Gasteiger partial charge is 0.495 e. The van der Waals surface area contributed by atoms with Crippen molar-refractivity contribution in [3.05, 3.63) is 45.9 Å². The van der Waals surface area contributed by atoms with E-state index in [0.717, 1.165) is 5.56 Å². The van der Waals surface area contributed by atoms with E-state index in [1.54, 1.807) is 24.8 Å². The first-order valence-corrected chi connectivity index (χ1v) is 8.63. The summed E-state index contributed by atoms with van der Waals surface area (Å²) in [7, 11) is 1.57. The van der Waals surface area contributed by atoms with E-state index in [4.69, 9.17) is 4.74 Å². The Balaban J connectivity index is 1.78. The molecule has 6 nitrogen and oxygen atoms in total. The molecular formula is C17H19N3O3S. The van der Waals surface area contributed by atoms with Crippen molar-refractivity contribution in [1.82, 2.24) is 9.55 Å². The van der Waals surface area contributed by atoms with Gasteiger partial charge in [0, 0.05) is 23.9 Å². The minimum atomic E-state index is -0.180. The average molecular weight is 345 g/mol. The molecule has 1 aromatic carbocycles. The first-order valence-electron chi connectivity index (χ1n) is 7.65. The Hall–Kier alpha value is -2.28. The van der Waals surface area contributed by atoms with Gasteiger partial charge in [-0.2, -0.15) is 0 Å². The van der Waals surface area contributed by atoms with Crippen LogP contribution in [0, 0.1) is 13.8 Å². The summed E-state index contributed by atoms with van der Waals surface area (Å²) in [4.78, 5) is 29.0. The third-order valence-corrected chi connectivity index (χ3v) is 5.06. The number of thioether (sulfide) groups is 1. The second-order valence-corrected chi connectivity index (χ2v) is 6.81. The summed E-state index contributed by atoms with van der Waals surface area (Å²) in [5, 5.41) is 3.56. The van der Waals surface area contributed by atoms with Crippen LogP contribution in [0.3, 0.4) is 0 Å². The summed E-state index contributed by atoms with van der Waals surface area (Å²) in [6, 6.07) is 5.43. The van der Waals surface area contributed by atoms with Gasteiger partial charge in [-0.15, -0.1) is 0 Å². The number of amides is 1. The van der Waals surface area contributed by atoms with Crippen LogP contribution in [-0.4, -0.2) is 28.3 Å². The molecule has 2 heterocycles. The molecule has 1 atom stereocenters. The van der Waals surface area contributed by atoms with Gasteiger partial charge >= 0.3 is 0 Å². The van der Waals surface area contributed by atoms with Gasteiger partial charge < -0.3 is 10.1 Å². The highest BCUT2D eigenvalue weighted by Gasteiger charge is 2.27. The molecule has 0 aliphatic carbocycles. The lowest BCUT2D eigenvalue weighted by atomic mass is 10.1. The molecule has 0 saturated heterocycles. The van der Waals surface area contributed by atoms with Crippen LogP contribution in [0.1, 0.15) is 23.6 Å². The Labute approximate surface area is 144 Å². The Morgan fingerprint density at radius 3 is 3.00 bits per heavy atom. The van der Waals surface area contributed by atoms with Gasteiger partial charge in [0.2, 0.25) is 5.91 Å². The molecule has 1 N–H and O–H groups in total. The standard InChI is InChI=1S/C17H19N3O3S/c1-10-4-5-14(23-3)13(6-10)19-15(21)7-12-9-24-17-18-8-11(2)16(22)20(12)17/h4-6,8,12H,7,9H2,1-3H3,(H,19,21)/t12-/m1/s1. The van der Waals surface area contributed by atoms with E-state index in [1.165, 1.54) is 11.8 Å². The summed E-state index contributed by atoms with van der Waals surface area (Å²) in [6.07, 6.45) is 1.81. The Bertz CT molecular complexity index is 847. The maximum absolute atomic E-state index is 12.4. The number of nitrogens with zero attached hydrogens (tertiary/aromatic N) is 2. The molecule has 2 aromatic rings. The third kappa shape index (κ3) is 3.17. The van der Waals surface area contributed by atoms with Crippen LogP contribution in [0.15, 0.2) is 34.3 Å². The van der Waals surface area contributed by atoms with Crippen molar-refractivity contribution in [2.45, 2.75) is 31.5 Å². The zero-order chi connectivity index (χ0) is 17.3. The Morgan fingerprint density at radius 1 is 1.46 bits per heavy atom. The summed E-state index contributed by atoms with van der Waals surface area (Å²) >= 11 is 1.50. The Morgan fingerprint density at radius 2 is 2.25 bits per heavy atom. The number of methoxy groups -OCH3 is 1. The lowest BCUT2D eigenvalue weighted by Crippen LogP contribution is -2.28. The van der Waals surface area contributed by atoms with E-state index < -0.39 is 0 Å². The van der Waals surface area contributed by atoms with Crippen LogP contribution in [0.25, 0.3) is 0 Å². The molecule has 1 amide bonds. The van der Waals surface area contributed by atoms with Crippen LogP contribution >= 0.6 is 11.8 Å². The first-order chi connectivity index (χ1) is 11.5. The van der Waals surface area contributed by atoms with E-state index in [-0.39, 0.29) is 23.9 Å². The lowest BCUT2D eigenvalue weighted by Gasteiger charge is -2.15. The van der Waals surface area contributed by atoms with Gasteiger partial charge in [-0.1, -0.05) is 17.8 Å². The highest BCUT2D eigenvalue weighted by atomic mass is 32.2. The fourth-order valence-corrected chi connectivity index (χ4v) is 3.81. The van der Waals surface area contributed by atoms with Crippen molar-refractivity contribution in [3.63, 3.8) is 0 Å². The molecule has 0 unspecified atom stereocenters. The second kappa shape index (κ2) is 6.68. The van der Waals surface area contributed by atoms with Crippen molar-refractivity contribution in [2.75, 3.05) is 18.2 Å². The smallest absolute Gasteiger partial charge is 0.257 e. The molecule has 0 spiro atoms. The van der Waals surface area contributed by atoms with Gasteiger partial charge in [-0.25, -0.2) is 4.98 Å². The number of aromatic nitrogens is 2. The van der Waals surface area contributed by atoms with Crippen LogP contribution in [0.4, 0.5) is 5.69 Å². The summed E-state index contributed by atoms with van der Waals surface area (Å²) in [5.41, 5.74) is 2.19. The maximum atomic E-state index is 12.4. The SMILES string of the molecule is COc1ccc(C)cc1NC(=O)C[C@@H]1CSc2ncc(C)c(=O)n21. The van der Waals surface area contributed by atoms with E-state index in [2.05, 4.69) is 10.3 Å². The van der Waals surface area contributed by atoms with Crippen molar-refractivity contribution in [3.8, 4) is 5.75 Å². The number of benzene rings is 1. The molecule has 1 aromatic heterocycles. The molecule has 0 saturated carbocycles. The van der Waals surface area contributed by atoms with E-state index >= 15 is 0 Å². The number of hydrogen-bond donors (Lipinski definition) is 1. The van der Waals surface area contributed by atoms with Gasteiger partial charge in [0.05, 0.1) is 18.8 Å². The highest BCUT2D eigenvalue weighted by molar-refractivity contribution is 7.99. The minimum Gasteiger partial charge on any atom is -0.495 e. The number of carbonyl (C=O) groups is 1. The fraction of sp³-hybridized carbons (Fsp3) is 0.353. The molecule has 0 fully saturated rings. The normalized spacial score (nSPS) is 15.9. The second-order valence-electron chi connectivity index (χ2n) is 5.82. The first kappa shape index (κ1) is 16.6. The summed E-state index contributed by atoms with van der Waals surface area (Å²) < 4.78 is 6.91. The predicted octanol–water partition coefficient (Wildman–Crippen LogP) is 2.54. The van der Waals surface area contributed by atoms with Crippen molar-refractivity contribution in [1.29, 1.82) is 0 Å². The number of anilines is 1. The van der Waals surface area contributed by atoms with Crippen molar-refractivity contribution >= 4 is 23.4 Å². The van der Waals surface area contributed by atoms with Crippen molar-refractivity contribution in [2.24, 2.45) is 0 Å². The van der Waals surface area contributed by atoms with Crippen molar-refractivity contribution < 1.29 is 9.53 Å². The number of nitrogens with one attached hydrogen (secondary N) is 1. The minimum absolute atomic E-state index is 0.0732. The molecule has 126 valence electrons. The summed E-state index contributed by atoms with van der Waals surface area (Å²) in [6.45, 7) is 3.69. The zero-order valence-electron chi connectivity index (χ0n) is 13.8. The van der Waals surface area contributed by atoms with Gasteiger partial charge in [0.15, 0.2) is 5.16 Å². The average Bonchev–Trinajstić information content (AvgIpc) is 2.94. The molecule has 1 aliphatic rings. The highest BCUT2D eigenvalue weighted by Crippen LogP contribution is 2.32. The number of carbonyl (C=O) groups excluding carboxylic acids is 1. The monoisotopic (exact) mass is 345 g/mol. The molecule has 0 radical (unpaired) electrons.